The molecule has 0 N–H and O–H groups in total. The lowest BCUT2D eigenvalue weighted by molar-refractivity contribution is 0.492. The molecule has 2 rings (SSSR count). The Morgan fingerprint density at radius 2 is 2.11 bits per heavy atom. The van der Waals surface area contributed by atoms with Crippen molar-refractivity contribution < 1.29 is 0 Å². The number of halogens is 1. The Balaban J connectivity index is 2.41. The van der Waals surface area contributed by atoms with Crippen molar-refractivity contribution in [3.63, 3.8) is 0 Å². The molecule has 1 unspecified atom stereocenters. The van der Waals surface area contributed by atoms with Crippen molar-refractivity contribution in [3.05, 3.63) is 33.0 Å². The van der Waals surface area contributed by atoms with E-state index in [0.717, 1.165) is 22.8 Å². The van der Waals surface area contributed by atoms with Crippen molar-refractivity contribution in [2.75, 3.05) is 0 Å². The molecule has 2 aromatic heterocycles. The number of rotatable bonds is 4. The number of aromatic nitrogens is 3. The zero-order chi connectivity index (χ0) is 13.3. The Labute approximate surface area is 117 Å². The lowest BCUT2D eigenvalue weighted by atomic mass is 10.2. The highest BCUT2D eigenvalue weighted by molar-refractivity contribution is 7.09. The maximum absolute atomic E-state index is 5.82. The van der Waals surface area contributed by atoms with Gasteiger partial charge in [-0.3, -0.25) is 4.68 Å². The van der Waals surface area contributed by atoms with Gasteiger partial charge in [-0.1, -0.05) is 6.92 Å². The second-order valence-electron chi connectivity index (χ2n) is 4.48. The lowest BCUT2D eigenvalue weighted by Crippen LogP contribution is -2.13. The SMILES string of the molecule is CCC(c1nc(CCl)cs1)n1nc(C)c(C)c1C. The summed E-state index contributed by atoms with van der Waals surface area (Å²) in [5, 5.41) is 7.77. The van der Waals surface area contributed by atoms with Crippen LogP contribution in [0.3, 0.4) is 0 Å². The van der Waals surface area contributed by atoms with Crippen molar-refractivity contribution in [1.82, 2.24) is 14.8 Å². The van der Waals surface area contributed by atoms with E-state index in [2.05, 4.69) is 42.5 Å². The zero-order valence-corrected chi connectivity index (χ0v) is 12.8. The Kier molecular flexibility index (Phi) is 4.07. The monoisotopic (exact) mass is 283 g/mol. The van der Waals surface area contributed by atoms with Gasteiger partial charge in [-0.15, -0.1) is 22.9 Å². The van der Waals surface area contributed by atoms with Gasteiger partial charge in [0.1, 0.15) is 11.0 Å². The number of aryl methyl sites for hydroxylation is 1. The minimum Gasteiger partial charge on any atom is -0.259 e. The predicted octanol–water partition coefficient (Wildman–Crippen LogP) is 4.00. The van der Waals surface area contributed by atoms with Crippen molar-refractivity contribution in [3.8, 4) is 0 Å². The second kappa shape index (κ2) is 5.41. The van der Waals surface area contributed by atoms with Crippen LogP contribution in [0.25, 0.3) is 0 Å². The summed E-state index contributed by atoms with van der Waals surface area (Å²) >= 11 is 7.49. The Morgan fingerprint density at radius 3 is 2.56 bits per heavy atom. The molecule has 98 valence electrons. The number of alkyl halides is 1. The maximum atomic E-state index is 5.82. The Hall–Kier alpha value is -0.870. The van der Waals surface area contributed by atoms with E-state index >= 15 is 0 Å². The van der Waals surface area contributed by atoms with Gasteiger partial charge in [0.25, 0.3) is 0 Å². The average Bonchev–Trinajstić information content (AvgIpc) is 2.93. The molecule has 0 spiro atoms. The highest BCUT2D eigenvalue weighted by atomic mass is 35.5. The fraction of sp³-hybridized carbons (Fsp3) is 0.538. The lowest BCUT2D eigenvalue weighted by Gasteiger charge is -2.15. The van der Waals surface area contributed by atoms with Gasteiger partial charge in [-0.25, -0.2) is 4.98 Å². The molecule has 0 saturated carbocycles. The minimum absolute atomic E-state index is 0.222. The summed E-state index contributed by atoms with van der Waals surface area (Å²) in [6.07, 6.45) is 0.983. The van der Waals surface area contributed by atoms with Crippen molar-refractivity contribution in [2.45, 2.75) is 46.0 Å². The smallest absolute Gasteiger partial charge is 0.118 e. The average molecular weight is 284 g/mol. The summed E-state index contributed by atoms with van der Waals surface area (Å²) in [5.41, 5.74) is 4.54. The van der Waals surface area contributed by atoms with E-state index < -0.39 is 0 Å². The first kappa shape index (κ1) is 13.6. The second-order valence-corrected chi connectivity index (χ2v) is 5.63. The molecule has 0 aliphatic rings. The van der Waals surface area contributed by atoms with Gasteiger partial charge in [0.05, 0.1) is 17.3 Å². The highest BCUT2D eigenvalue weighted by Gasteiger charge is 2.20. The highest BCUT2D eigenvalue weighted by Crippen LogP contribution is 2.28. The molecule has 0 aromatic carbocycles. The van der Waals surface area contributed by atoms with E-state index in [1.54, 1.807) is 11.3 Å². The fourth-order valence-electron chi connectivity index (χ4n) is 2.04. The zero-order valence-electron chi connectivity index (χ0n) is 11.2. The first-order chi connectivity index (χ1) is 8.58. The molecular formula is C13H18ClN3S. The van der Waals surface area contributed by atoms with E-state index in [0.29, 0.717) is 5.88 Å². The van der Waals surface area contributed by atoms with Crippen molar-refractivity contribution >= 4 is 22.9 Å². The first-order valence-corrected chi connectivity index (χ1v) is 7.52. The molecule has 18 heavy (non-hydrogen) atoms. The van der Waals surface area contributed by atoms with Crippen LogP contribution in [-0.4, -0.2) is 14.8 Å². The third-order valence-electron chi connectivity index (χ3n) is 3.36. The Bertz CT molecular complexity index is 544. The van der Waals surface area contributed by atoms with E-state index in [1.165, 1.54) is 11.3 Å². The largest absolute Gasteiger partial charge is 0.259 e. The Morgan fingerprint density at radius 1 is 1.39 bits per heavy atom. The van der Waals surface area contributed by atoms with Crippen molar-refractivity contribution in [1.29, 1.82) is 0 Å². The summed E-state index contributed by atoms with van der Waals surface area (Å²) in [5.74, 6) is 0.475. The van der Waals surface area contributed by atoms with Crippen LogP contribution in [0.15, 0.2) is 5.38 Å². The summed E-state index contributed by atoms with van der Waals surface area (Å²) in [6.45, 7) is 8.46. The quantitative estimate of drug-likeness (QED) is 0.794. The van der Waals surface area contributed by atoms with Gasteiger partial charge in [0.2, 0.25) is 0 Å². The summed E-state index contributed by atoms with van der Waals surface area (Å²) in [4.78, 5) is 4.58. The molecule has 0 fully saturated rings. The molecule has 0 radical (unpaired) electrons. The molecule has 2 heterocycles. The van der Waals surface area contributed by atoms with E-state index in [1.807, 2.05) is 5.38 Å². The molecule has 0 aliphatic heterocycles. The topological polar surface area (TPSA) is 30.7 Å². The summed E-state index contributed by atoms with van der Waals surface area (Å²) in [6, 6.07) is 0.222. The molecule has 0 saturated heterocycles. The number of thiazole rings is 1. The predicted molar refractivity (Wildman–Crippen MR) is 76.5 cm³/mol. The van der Waals surface area contributed by atoms with Gasteiger partial charge in [0.15, 0.2) is 0 Å². The number of hydrogen-bond acceptors (Lipinski definition) is 3. The minimum atomic E-state index is 0.222. The van der Waals surface area contributed by atoms with Crippen molar-refractivity contribution in [2.24, 2.45) is 0 Å². The van der Waals surface area contributed by atoms with Gasteiger partial charge >= 0.3 is 0 Å². The third kappa shape index (κ3) is 2.31. The van der Waals surface area contributed by atoms with Crippen LogP contribution >= 0.6 is 22.9 Å². The third-order valence-corrected chi connectivity index (χ3v) is 4.63. The van der Waals surface area contributed by atoms with Gasteiger partial charge in [0, 0.05) is 11.1 Å². The molecule has 0 aliphatic carbocycles. The summed E-state index contributed by atoms with van der Waals surface area (Å²) in [7, 11) is 0. The van der Waals surface area contributed by atoms with E-state index in [4.69, 9.17) is 11.6 Å². The number of nitrogens with zero attached hydrogens (tertiary/aromatic N) is 3. The molecule has 5 heteroatoms. The maximum Gasteiger partial charge on any atom is 0.118 e. The molecule has 3 nitrogen and oxygen atoms in total. The van der Waals surface area contributed by atoms with Gasteiger partial charge in [-0.05, 0) is 32.8 Å². The number of hydrogen-bond donors (Lipinski definition) is 0. The molecular weight excluding hydrogens is 266 g/mol. The van der Waals surface area contributed by atoms with Crippen LogP contribution in [0.2, 0.25) is 0 Å². The van der Waals surface area contributed by atoms with E-state index in [-0.39, 0.29) is 6.04 Å². The van der Waals surface area contributed by atoms with Crippen LogP contribution < -0.4 is 0 Å². The van der Waals surface area contributed by atoms with Crippen LogP contribution in [0.1, 0.15) is 47.0 Å². The first-order valence-electron chi connectivity index (χ1n) is 6.11. The molecule has 0 amide bonds. The van der Waals surface area contributed by atoms with Gasteiger partial charge < -0.3 is 0 Å². The fourth-order valence-corrected chi connectivity index (χ4v) is 3.25. The molecule has 2 aromatic rings. The van der Waals surface area contributed by atoms with Crippen LogP contribution in [0, 0.1) is 20.8 Å². The standard InChI is InChI=1S/C13H18ClN3S/c1-5-12(13-15-11(6-14)7-18-13)17-10(4)8(2)9(3)16-17/h7,12H,5-6H2,1-4H3. The molecule has 0 bridgehead atoms. The van der Waals surface area contributed by atoms with E-state index in [9.17, 15) is 0 Å². The van der Waals surface area contributed by atoms with Gasteiger partial charge in [-0.2, -0.15) is 5.10 Å². The summed E-state index contributed by atoms with van der Waals surface area (Å²) < 4.78 is 2.10. The van der Waals surface area contributed by atoms with Crippen LogP contribution in [0.5, 0.6) is 0 Å². The normalized spacial score (nSPS) is 12.9. The van der Waals surface area contributed by atoms with Crippen LogP contribution in [-0.2, 0) is 5.88 Å². The molecule has 1 atom stereocenters. The van der Waals surface area contributed by atoms with Crippen LogP contribution in [0.4, 0.5) is 0 Å².